The standard InChI is InChI=1S/C23H36N6O2/c1-5-24-23(25-15-21-27-22(28-31-21)18(4)30-6-2)26-20-12-13-29(17(3)14-20)16-19-10-8-7-9-11-19/h7-11,17-18,20H,5-6,12-16H2,1-4H3,(H2,24,25,26). The van der Waals surface area contributed by atoms with E-state index < -0.39 is 0 Å². The molecule has 2 aromatic rings. The molecule has 31 heavy (non-hydrogen) atoms. The summed E-state index contributed by atoms with van der Waals surface area (Å²) >= 11 is 0. The molecule has 8 heteroatoms. The molecule has 3 unspecified atom stereocenters. The number of nitrogens with one attached hydrogen (secondary N) is 2. The predicted octanol–water partition coefficient (Wildman–Crippen LogP) is 3.28. The van der Waals surface area contributed by atoms with Crippen molar-refractivity contribution in [1.29, 1.82) is 0 Å². The summed E-state index contributed by atoms with van der Waals surface area (Å²) in [5.74, 6) is 1.84. The Morgan fingerprint density at radius 1 is 1.32 bits per heavy atom. The summed E-state index contributed by atoms with van der Waals surface area (Å²) in [6.07, 6.45) is 1.98. The molecule has 1 aromatic heterocycles. The minimum Gasteiger partial charge on any atom is -0.371 e. The van der Waals surface area contributed by atoms with Crippen molar-refractivity contribution in [3.63, 3.8) is 0 Å². The van der Waals surface area contributed by atoms with Crippen molar-refractivity contribution in [2.45, 2.75) is 71.8 Å². The number of aromatic nitrogens is 2. The molecule has 3 atom stereocenters. The first-order valence-electron chi connectivity index (χ1n) is 11.4. The minimum atomic E-state index is -0.180. The number of guanidine groups is 1. The zero-order valence-electron chi connectivity index (χ0n) is 19.2. The first kappa shape index (κ1) is 23.2. The summed E-state index contributed by atoms with van der Waals surface area (Å²) in [7, 11) is 0. The second-order valence-electron chi connectivity index (χ2n) is 8.01. The molecule has 3 rings (SSSR count). The van der Waals surface area contributed by atoms with Crippen molar-refractivity contribution >= 4 is 5.96 Å². The summed E-state index contributed by atoms with van der Waals surface area (Å²) in [6.45, 7) is 12.0. The number of ether oxygens (including phenoxy) is 1. The van der Waals surface area contributed by atoms with Gasteiger partial charge in [0, 0.05) is 38.3 Å². The van der Waals surface area contributed by atoms with Crippen molar-refractivity contribution < 1.29 is 9.26 Å². The Morgan fingerprint density at radius 3 is 2.84 bits per heavy atom. The third-order valence-corrected chi connectivity index (χ3v) is 5.56. The van der Waals surface area contributed by atoms with Gasteiger partial charge < -0.3 is 19.9 Å². The van der Waals surface area contributed by atoms with E-state index in [9.17, 15) is 0 Å². The summed E-state index contributed by atoms with van der Waals surface area (Å²) in [4.78, 5) is 11.6. The van der Waals surface area contributed by atoms with Crippen LogP contribution < -0.4 is 10.6 Å². The lowest BCUT2D eigenvalue weighted by atomic mass is 9.97. The predicted molar refractivity (Wildman–Crippen MR) is 122 cm³/mol. The lowest BCUT2D eigenvalue weighted by Gasteiger charge is -2.38. The van der Waals surface area contributed by atoms with Crippen LogP contribution in [0.2, 0.25) is 0 Å². The molecule has 170 valence electrons. The zero-order chi connectivity index (χ0) is 22.1. The molecule has 0 radical (unpaired) electrons. The Morgan fingerprint density at radius 2 is 2.13 bits per heavy atom. The number of piperidine rings is 1. The molecular weight excluding hydrogens is 392 g/mol. The molecule has 1 aromatic carbocycles. The molecule has 0 spiro atoms. The first-order valence-corrected chi connectivity index (χ1v) is 11.4. The highest BCUT2D eigenvalue weighted by Gasteiger charge is 2.26. The molecule has 0 aliphatic carbocycles. The van der Waals surface area contributed by atoms with E-state index in [2.05, 4.69) is 74.8 Å². The van der Waals surface area contributed by atoms with Gasteiger partial charge in [0.05, 0.1) is 0 Å². The van der Waals surface area contributed by atoms with Crippen LogP contribution in [0.4, 0.5) is 0 Å². The Hall–Kier alpha value is -2.45. The third kappa shape index (κ3) is 7.04. The van der Waals surface area contributed by atoms with Gasteiger partial charge in [-0.2, -0.15) is 4.98 Å². The van der Waals surface area contributed by atoms with Gasteiger partial charge in [0.2, 0.25) is 5.89 Å². The largest absolute Gasteiger partial charge is 0.371 e. The molecule has 1 fully saturated rings. The molecule has 1 aliphatic heterocycles. The Bertz CT molecular complexity index is 809. The smallest absolute Gasteiger partial charge is 0.248 e. The Labute approximate surface area is 185 Å². The maximum atomic E-state index is 5.51. The van der Waals surface area contributed by atoms with Crippen molar-refractivity contribution in [3.8, 4) is 0 Å². The number of aliphatic imine (C=N–C) groups is 1. The molecule has 2 N–H and O–H groups in total. The van der Waals surface area contributed by atoms with Gasteiger partial charge in [-0.05, 0) is 46.1 Å². The van der Waals surface area contributed by atoms with E-state index in [1.165, 1.54) is 5.56 Å². The van der Waals surface area contributed by atoms with Crippen LogP contribution in [0.15, 0.2) is 39.8 Å². The molecule has 0 amide bonds. The van der Waals surface area contributed by atoms with Gasteiger partial charge in [0.25, 0.3) is 0 Å². The van der Waals surface area contributed by atoms with E-state index >= 15 is 0 Å². The Kier molecular flexibility index (Phi) is 8.85. The molecule has 0 saturated carbocycles. The number of hydrogen-bond acceptors (Lipinski definition) is 6. The van der Waals surface area contributed by atoms with E-state index in [0.717, 1.165) is 38.4 Å². The minimum absolute atomic E-state index is 0.180. The average Bonchev–Trinajstić information content (AvgIpc) is 3.24. The lowest BCUT2D eigenvalue weighted by molar-refractivity contribution is 0.0683. The van der Waals surface area contributed by atoms with E-state index in [1.54, 1.807) is 0 Å². The number of nitrogens with zero attached hydrogens (tertiary/aromatic N) is 4. The van der Waals surface area contributed by atoms with E-state index in [1.807, 2.05) is 13.8 Å². The van der Waals surface area contributed by atoms with Crippen molar-refractivity contribution in [2.75, 3.05) is 19.7 Å². The van der Waals surface area contributed by atoms with Crippen LogP contribution in [-0.2, 0) is 17.8 Å². The topological polar surface area (TPSA) is 87.8 Å². The molecule has 1 aliphatic rings. The van der Waals surface area contributed by atoms with Crippen molar-refractivity contribution in [3.05, 3.63) is 47.6 Å². The van der Waals surface area contributed by atoms with Crippen LogP contribution in [-0.4, -0.2) is 52.8 Å². The van der Waals surface area contributed by atoms with Gasteiger partial charge in [0.15, 0.2) is 11.8 Å². The van der Waals surface area contributed by atoms with Gasteiger partial charge in [-0.15, -0.1) is 0 Å². The van der Waals surface area contributed by atoms with E-state index in [-0.39, 0.29) is 6.10 Å². The summed E-state index contributed by atoms with van der Waals surface area (Å²) in [6, 6.07) is 11.6. The Balaban J connectivity index is 1.53. The van der Waals surface area contributed by atoms with Crippen molar-refractivity contribution in [2.24, 2.45) is 4.99 Å². The van der Waals surface area contributed by atoms with Crippen LogP contribution in [0, 0.1) is 0 Å². The van der Waals surface area contributed by atoms with Crippen LogP contribution in [0.25, 0.3) is 0 Å². The fourth-order valence-electron chi connectivity index (χ4n) is 3.89. The third-order valence-electron chi connectivity index (χ3n) is 5.56. The normalized spacial score (nSPS) is 21.1. The molecular formula is C23H36N6O2. The average molecular weight is 429 g/mol. The highest BCUT2D eigenvalue weighted by atomic mass is 16.5. The SMILES string of the molecule is CCNC(=NCc1nc(C(C)OCC)no1)NC1CCN(Cc2ccccc2)C(C)C1. The molecule has 1 saturated heterocycles. The summed E-state index contributed by atoms with van der Waals surface area (Å²) in [5, 5.41) is 10.9. The molecule has 8 nitrogen and oxygen atoms in total. The summed E-state index contributed by atoms with van der Waals surface area (Å²) < 4.78 is 10.8. The second kappa shape index (κ2) is 11.8. The van der Waals surface area contributed by atoms with Crippen molar-refractivity contribution in [1.82, 2.24) is 25.7 Å². The number of rotatable bonds is 9. The fraction of sp³-hybridized carbons (Fsp3) is 0.609. The highest BCUT2D eigenvalue weighted by Crippen LogP contribution is 2.20. The first-order chi connectivity index (χ1) is 15.1. The lowest BCUT2D eigenvalue weighted by Crippen LogP contribution is -2.51. The van der Waals surface area contributed by atoms with Crippen LogP contribution in [0.5, 0.6) is 0 Å². The van der Waals surface area contributed by atoms with Crippen LogP contribution in [0.3, 0.4) is 0 Å². The summed E-state index contributed by atoms with van der Waals surface area (Å²) in [5.41, 5.74) is 1.37. The van der Waals surface area contributed by atoms with Gasteiger partial charge in [-0.25, -0.2) is 4.99 Å². The van der Waals surface area contributed by atoms with Crippen LogP contribution in [0.1, 0.15) is 63.9 Å². The van der Waals surface area contributed by atoms with Gasteiger partial charge in [0.1, 0.15) is 12.6 Å². The van der Waals surface area contributed by atoms with Crippen LogP contribution >= 0.6 is 0 Å². The van der Waals surface area contributed by atoms with E-state index in [4.69, 9.17) is 9.26 Å². The zero-order valence-corrected chi connectivity index (χ0v) is 19.2. The molecule has 2 heterocycles. The van der Waals surface area contributed by atoms with Gasteiger partial charge >= 0.3 is 0 Å². The second-order valence-corrected chi connectivity index (χ2v) is 8.01. The fourth-order valence-corrected chi connectivity index (χ4v) is 3.89. The number of hydrogen-bond donors (Lipinski definition) is 2. The number of likely N-dealkylation sites (tertiary alicyclic amines) is 1. The van der Waals surface area contributed by atoms with Gasteiger partial charge in [-0.3, -0.25) is 4.90 Å². The maximum Gasteiger partial charge on any atom is 0.248 e. The molecule has 0 bridgehead atoms. The van der Waals surface area contributed by atoms with Gasteiger partial charge in [-0.1, -0.05) is 35.5 Å². The highest BCUT2D eigenvalue weighted by molar-refractivity contribution is 5.80. The maximum absolute atomic E-state index is 5.51. The monoisotopic (exact) mass is 428 g/mol. The quantitative estimate of drug-likeness (QED) is 0.468. The van der Waals surface area contributed by atoms with E-state index in [0.29, 0.717) is 37.0 Å². The number of benzene rings is 1.